The number of rotatable bonds is 3. The highest BCUT2D eigenvalue weighted by molar-refractivity contribution is 6.27. The average Bonchev–Trinajstić information content (AvgIpc) is 2.88. The molecule has 3 rings (SSSR count). The van der Waals surface area contributed by atoms with E-state index in [1.54, 1.807) is 0 Å². The summed E-state index contributed by atoms with van der Waals surface area (Å²) in [6, 6.07) is 7.55. The highest BCUT2D eigenvalue weighted by atomic mass is 16.4. The maximum absolute atomic E-state index is 9.14. The van der Waals surface area contributed by atoms with E-state index in [4.69, 9.17) is 24.9 Å². The fourth-order valence-electron chi connectivity index (χ4n) is 3.85. The molecule has 1 fully saturated rings. The number of fused-ring (bicyclic) bond motifs is 3. The molecule has 0 bridgehead atoms. The Balaban J connectivity index is 0.000000326. The third kappa shape index (κ3) is 4.29. The Morgan fingerprint density at radius 2 is 1.92 bits per heavy atom. The third-order valence-electron chi connectivity index (χ3n) is 4.89. The number of likely N-dealkylation sites (tertiary alicyclic amines) is 1. The molecule has 7 nitrogen and oxygen atoms in total. The normalized spacial score (nSPS) is 21.8. The van der Waals surface area contributed by atoms with Crippen LogP contribution in [0.4, 0.5) is 5.69 Å². The van der Waals surface area contributed by atoms with Crippen LogP contribution in [0.1, 0.15) is 30.4 Å². The van der Waals surface area contributed by atoms with E-state index in [-0.39, 0.29) is 6.61 Å². The third-order valence-corrected chi connectivity index (χ3v) is 4.89. The van der Waals surface area contributed by atoms with Gasteiger partial charge in [-0.2, -0.15) is 0 Å². The molecule has 25 heavy (non-hydrogen) atoms. The Kier molecular flexibility index (Phi) is 6.39. The van der Waals surface area contributed by atoms with E-state index in [0.717, 1.165) is 26.2 Å². The molecule has 2 heterocycles. The van der Waals surface area contributed by atoms with Gasteiger partial charge in [0.15, 0.2) is 0 Å². The zero-order chi connectivity index (χ0) is 18.6. The summed E-state index contributed by atoms with van der Waals surface area (Å²) in [4.78, 5) is 23.2. The summed E-state index contributed by atoms with van der Waals surface area (Å²) in [7, 11) is 0. The van der Waals surface area contributed by atoms with Gasteiger partial charge in [-0.05, 0) is 31.9 Å². The van der Waals surface area contributed by atoms with Gasteiger partial charge in [-0.15, -0.1) is 0 Å². The van der Waals surface area contributed by atoms with Crippen molar-refractivity contribution in [1.82, 2.24) is 4.90 Å². The summed E-state index contributed by atoms with van der Waals surface area (Å²) >= 11 is 0. The van der Waals surface area contributed by atoms with Crippen LogP contribution in [-0.4, -0.2) is 71.0 Å². The van der Waals surface area contributed by atoms with Gasteiger partial charge in [0.1, 0.15) is 0 Å². The molecule has 2 atom stereocenters. The van der Waals surface area contributed by atoms with Gasteiger partial charge in [0, 0.05) is 43.8 Å². The van der Waals surface area contributed by atoms with Crippen LogP contribution in [0.3, 0.4) is 0 Å². The standard InChI is InChI=1S/C16H24N2O.C2H2O4/c1-3-18-15-5-4-12(2)10-13(15)14-11-17(8-9-19)7-6-16(14)18;3-1(4)2(5)6/h4-5,10,14,16,19H,3,6-9,11H2,1-2H3;(H,3,4)(H,5,6). The van der Waals surface area contributed by atoms with Crippen molar-refractivity contribution in [3.05, 3.63) is 29.3 Å². The van der Waals surface area contributed by atoms with Crippen molar-refractivity contribution >= 4 is 17.6 Å². The van der Waals surface area contributed by atoms with Crippen LogP contribution in [0.15, 0.2) is 18.2 Å². The fourth-order valence-corrected chi connectivity index (χ4v) is 3.85. The van der Waals surface area contributed by atoms with Crippen LogP contribution in [0.25, 0.3) is 0 Å². The number of carbonyl (C=O) groups is 2. The van der Waals surface area contributed by atoms with Crippen molar-refractivity contribution in [2.24, 2.45) is 0 Å². The number of piperidine rings is 1. The molecule has 138 valence electrons. The van der Waals surface area contributed by atoms with Gasteiger partial charge < -0.3 is 25.1 Å². The van der Waals surface area contributed by atoms with Crippen LogP contribution in [0.2, 0.25) is 0 Å². The molecule has 0 aromatic heterocycles. The highest BCUT2D eigenvalue weighted by Crippen LogP contribution is 2.44. The first-order chi connectivity index (χ1) is 11.9. The molecule has 2 unspecified atom stereocenters. The van der Waals surface area contributed by atoms with E-state index in [1.807, 2.05) is 0 Å². The number of hydrogen-bond donors (Lipinski definition) is 3. The zero-order valence-electron chi connectivity index (χ0n) is 14.7. The van der Waals surface area contributed by atoms with Crippen molar-refractivity contribution < 1.29 is 24.9 Å². The first kappa shape index (κ1) is 19.2. The van der Waals surface area contributed by atoms with E-state index in [0.29, 0.717) is 12.0 Å². The van der Waals surface area contributed by atoms with Crippen LogP contribution >= 0.6 is 0 Å². The van der Waals surface area contributed by atoms with E-state index < -0.39 is 11.9 Å². The molecule has 0 amide bonds. The van der Waals surface area contributed by atoms with E-state index >= 15 is 0 Å². The van der Waals surface area contributed by atoms with Crippen LogP contribution in [0.5, 0.6) is 0 Å². The SMILES string of the molecule is CCN1c2ccc(C)cc2C2CN(CCO)CCC21.O=C(O)C(=O)O. The quantitative estimate of drug-likeness (QED) is 0.703. The molecule has 0 spiro atoms. The Hall–Kier alpha value is -2.12. The molecule has 1 saturated heterocycles. The molecule has 1 aromatic carbocycles. The Morgan fingerprint density at radius 3 is 2.48 bits per heavy atom. The number of likely N-dealkylation sites (N-methyl/N-ethyl adjacent to an activating group) is 1. The van der Waals surface area contributed by atoms with Gasteiger partial charge in [-0.1, -0.05) is 17.7 Å². The number of aliphatic hydroxyl groups excluding tert-OH is 1. The Bertz CT molecular complexity index is 622. The lowest BCUT2D eigenvalue weighted by Crippen LogP contribution is -2.46. The Labute approximate surface area is 147 Å². The summed E-state index contributed by atoms with van der Waals surface area (Å²) in [6.45, 7) is 8.83. The van der Waals surface area contributed by atoms with Gasteiger partial charge in [0.2, 0.25) is 0 Å². The van der Waals surface area contributed by atoms with Crippen LogP contribution in [-0.2, 0) is 9.59 Å². The minimum absolute atomic E-state index is 0.273. The summed E-state index contributed by atoms with van der Waals surface area (Å²) in [6.07, 6.45) is 1.21. The predicted molar refractivity (Wildman–Crippen MR) is 94.1 cm³/mol. The topological polar surface area (TPSA) is 101 Å². The van der Waals surface area contributed by atoms with Crippen molar-refractivity contribution in [3.8, 4) is 0 Å². The summed E-state index contributed by atoms with van der Waals surface area (Å²) in [5.41, 5.74) is 4.32. The molecule has 0 radical (unpaired) electrons. The number of aliphatic hydroxyl groups is 1. The number of β-amino-alcohol motifs (C(OH)–C–C–N with tert-alkyl or cyclic N) is 1. The molecule has 0 saturated carbocycles. The lowest BCUT2D eigenvalue weighted by Gasteiger charge is -2.38. The lowest BCUT2D eigenvalue weighted by atomic mass is 9.88. The number of hydrogen-bond acceptors (Lipinski definition) is 5. The second-order valence-corrected chi connectivity index (χ2v) is 6.45. The number of benzene rings is 1. The maximum atomic E-state index is 9.14. The zero-order valence-corrected chi connectivity index (χ0v) is 14.7. The van der Waals surface area contributed by atoms with Gasteiger partial charge in [0.05, 0.1) is 6.61 Å². The summed E-state index contributed by atoms with van der Waals surface area (Å²) < 4.78 is 0. The second kappa shape index (κ2) is 8.31. The van der Waals surface area contributed by atoms with Crippen molar-refractivity contribution in [2.75, 3.05) is 37.7 Å². The maximum Gasteiger partial charge on any atom is 0.414 e. The minimum Gasteiger partial charge on any atom is -0.473 e. The first-order valence-corrected chi connectivity index (χ1v) is 8.55. The molecule has 0 aliphatic carbocycles. The predicted octanol–water partition coefficient (Wildman–Crippen LogP) is 1.14. The molecule has 3 N–H and O–H groups in total. The van der Waals surface area contributed by atoms with Gasteiger partial charge >= 0.3 is 11.9 Å². The average molecular weight is 350 g/mol. The van der Waals surface area contributed by atoms with E-state index in [9.17, 15) is 0 Å². The second-order valence-electron chi connectivity index (χ2n) is 6.45. The monoisotopic (exact) mass is 350 g/mol. The highest BCUT2D eigenvalue weighted by Gasteiger charge is 2.40. The number of nitrogens with zero attached hydrogens (tertiary/aromatic N) is 2. The van der Waals surface area contributed by atoms with E-state index in [2.05, 4.69) is 41.8 Å². The number of anilines is 1. The van der Waals surface area contributed by atoms with Crippen molar-refractivity contribution in [1.29, 1.82) is 0 Å². The largest absolute Gasteiger partial charge is 0.473 e. The van der Waals surface area contributed by atoms with Gasteiger partial charge in [-0.3, -0.25) is 0 Å². The molecule has 7 heteroatoms. The fraction of sp³-hybridized carbons (Fsp3) is 0.556. The van der Waals surface area contributed by atoms with Gasteiger partial charge in [0.25, 0.3) is 0 Å². The number of carboxylic acids is 2. The van der Waals surface area contributed by atoms with Crippen molar-refractivity contribution in [2.45, 2.75) is 32.2 Å². The van der Waals surface area contributed by atoms with Gasteiger partial charge in [-0.25, -0.2) is 9.59 Å². The Morgan fingerprint density at radius 1 is 1.24 bits per heavy atom. The van der Waals surface area contributed by atoms with Crippen LogP contribution in [0, 0.1) is 6.92 Å². The summed E-state index contributed by atoms with van der Waals surface area (Å²) in [5, 5.41) is 23.9. The van der Waals surface area contributed by atoms with E-state index in [1.165, 1.54) is 23.2 Å². The first-order valence-electron chi connectivity index (χ1n) is 8.55. The minimum atomic E-state index is -1.82. The molecule has 2 aliphatic heterocycles. The molecule has 2 aliphatic rings. The van der Waals surface area contributed by atoms with Crippen molar-refractivity contribution in [3.63, 3.8) is 0 Å². The van der Waals surface area contributed by atoms with Crippen LogP contribution < -0.4 is 4.90 Å². The molecule has 1 aromatic rings. The number of aryl methyl sites for hydroxylation is 1. The number of carboxylic acid groups (broad SMARTS) is 2. The lowest BCUT2D eigenvalue weighted by molar-refractivity contribution is -0.159. The molecular weight excluding hydrogens is 324 g/mol. The molecular formula is C18H26N2O5. The number of aliphatic carboxylic acids is 2. The smallest absolute Gasteiger partial charge is 0.414 e. The summed E-state index contributed by atoms with van der Waals surface area (Å²) in [5.74, 6) is -3.03.